The van der Waals surface area contributed by atoms with E-state index in [1.54, 1.807) is 0 Å². The summed E-state index contributed by atoms with van der Waals surface area (Å²) < 4.78 is 0.914. The Hall–Kier alpha value is -2.54. The number of halogens is 1. The van der Waals surface area contributed by atoms with Gasteiger partial charge in [0.25, 0.3) is 0 Å². The number of carbonyl (C=O) groups excluding carboxylic acids is 2. The molecule has 4 N–H and O–H groups in total. The van der Waals surface area contributed by atoms with E-state index in [-0.39, 0.29) is 12.1 Å². The first-order valence-electron chi connectivity index (χ1n) is 7.08. The average molecular weight is 373 g/mol. The van der Waals surface area contributed by atoms with Crippen molar-refractivity contribution in [1.82, 2.24) is 21.3 Å². The van der Waals surface area contributed by atoms with E-state index < -0.39 is 11.3 Å². The van der Waals surface area contributed by atoms with Crippen LogP contribution in [0.5, 0.6) is 0 Å². The SMILES string of the molecule is O=C1NC2(c3ccccc3)NC(=O)NC2(c2ccc(Br)cc2)N1. The second-order valence-corrected chi connectivity index (χ2v) is 6.45. The highest BCUT2D eigenvalue weighted by Crippen LogP contribution is 2.43. The van der Waals surface area contributed by atoms with Crippen LogP contribution in [0, 0.1) is 0 Å². The molecular formula is C16H13BrN4O2. The fraction of sp³-hybridized carbons (Fsp3) is 0.125. The summed E-state index contributed by atoms with van der Waals surface area (Å²) in [5.41, 5.74) is -0.666. The van der Waals surface area contributed by atoms with Gasteiger partial charge in [-0.25, -0.2) is 9.59 Å². The molecule has 0 bridgehead atoms. The molecule has 0 aliphatic carbocycles. The molecule has 0 radical (unpaired) electrons. The highest BCUT2D eigenvalue weighted by Gasteiger charge is 2.66. The molecule has 0 aromatic heterocycles. The Balaban J connectivity index is 1.96. The lowest BCUT2D eigenvalue weighted by atomic mass is 9.83. The van der Waals surface area contributed by atoms with E-state index in [1.807, 2.05) is 54.6 Å². The fourth-order valence-corrected chi connectivity index (χ4v) is 3.56. The number of amides is 4. The van der Waals surface area contributed by atoms with Gasteiger partial charge in [0.05, 0.1) is 0 Å². The molecule has 23 heavy (non-hydrogen) atoms. The number of hydrogen-bond donors (Lipinski definition) is 4. The van der Waals surface area contributed by atoms with Crippen LogP contribution in [-0.2, 0) is 11.3 Å². The Bertz CT molecular complexity index is 771. The Morgan fingerprint density at radius 2 is 1.09 bits per heavy atom. The van der Waals surface area contributed by atoms with E-state index >= 15 is 0 Å². The molecule has 2 aromatic rings. The Morgan fingerprint density at radius 3 is 1.57 bits per heavy atom. The molecule has 2 aromatic carbocycles. The summed E-state index contributed by atoms with van der Waals surface area (Å²) in [7, 11) is 0. The van der Waals surface area contributed by atoms with E-state index in [1.165, 1.54) is 0 Å². The molecule has 0 spiro atoms. The number of urea groups is 2. The molecule has 2 heterocycles. The minimum atomic E-state index is -1.11. The van der Waals surface area contributed by atoms with Crippen LogP contribution in [0.3, 0.4) is 0 Å². The van der Waals surface area contributed by atoms with Gasteiger partial charge in [-0.2, -0.15) is 0 Å². The third kappa shape index (κ3) is 1.86. The molecule has 4 amide bonds. The molecule has 2 aliphatic heterocycles. The van der Waals surface area contributed by atoms with Gasteiger partial charge in [0.1, 0.15) is 0 Å². The second kappa shape index (κ2) is 4.73. The predicted octanol–water partition coefficient (Wildman–Crippen LogP) is 2.08. The van der Waals surface area contributed by atoms with Crippen molar-refractivity contribution >= 4 is 28.0 Å². The molecule has 0 atom stereocenters. The largest absolute Gasteiger partial charge is 0.319 e. The summed E-state index contributed by atoms with van der Waals surface area (Å²) in [5, 5.41) is 11.5. The topological polar surface area (TPSA) is 82.3 Å². The lowest BCUT2D eigenvalue weighted by Crippen LogP contribution is -2.60. The van der Waals surface area contributed by atoms with Gasteiger partial charge in [0.15, 0.2) is 11.3 Å². The highest BCUT2D eigenvalue weighted by molar-refractivity contribution is 9.10. The normalized spacial score (nSPS) is 28.4. The number of benzene rings is 2. The first-order valence-corrected chi connectivity index (χ1v) is 7.87. The maximum atomic E-state index is 12.2. The van der Waals surface area contributed by atoms with Crippen molar-refractivity contribution in [3.05, 3.63) is 70.2 Å². The number of nitrogens with one attached hydrogen (secondary N) is 4. The van der Waals surface area contributed by atoms with E-state index in [4.69, 9.17) is 0 Å². The molecule has 116 valence electrons. The van der Waals surface area contributed by atoms with Gasteiger partial charge in [-0.05, 0) is 12.1 Å². The van der Waals surface area contributed by atoms with Gasteiger partial charge in [-0.1, -0.05) is 58.4 Å². The maximum absolute atomic E-state index is 12.2. The smallest absolute Gasteiger partial charge is 0.307 e. The summed E-state index contributed by atoms with van der Waals surface area (Å²) in [6, 6.07) is 16.1. The zero-order valence-electron chi connectivity index (χ0n) is 11.9. The third-order valence-corrected chi connectivity index (χ3v) is 4.78. The fourth-order valence-electron chi connectivity index (χ4n) is 3.29. The standard InChI is InChI=1S/C16H13BrN4O2/c17-12-8-6-11(7-9-12)16-15(18-13(22)20-16,19-14(23)21-16)10-4-2-1-3-5-10/h1-9H,(H2,18,20,22)(H2,19,21,23). The zero-order valence-corrected chi connectivity index (χ0v) is 13.5. The van der Waals surface area contributed by atoms with E-state index in [2.05, 4.69) is 37.2 Å². The number of rotatable bonds is 2. The van der Waals surface area contributed by atoms with Crippen molar-refractivity contribution in [2.75, 3.05) is 0 Å². The van der Waals surface area contributed by atoms with Crippen LogP contribution in [0.2, 0.25) is 0 Å². The summed E-state index contributed by atoms with van der Waals surface area (Å²) in [4.78, 5) is 24.3. The molecule has 2 fully saturated rings. The monoisotopic (exact) mass is 372 g/mol. The van der Waals surface area contributed by atoms with Crippen molar-refractivity contribution in [2.45, 2.75) is 11.3 Å². The Labute approximate surface area is 140 Å². The quantitative estimate of drug-likeness (QED) is 0.650. The van der Waals surface area contributed by atoms with Crippen molar-refractivity contribution in [1.29, 1.82) is 0 Å². The van der Waals surface area contributed by atoms with Crippen LogP contribution in [0.15, 0.2) is 59.1 Å². The molecule has 2 aliphatic rings. The lowest BCUT2D eigenvalue weighted by molar-refractivity contribution is 0.208. The molecule has 4 rings (SSSR count). The molecule has 2 saturated heterocycles. The van der Waals surface area contributed by atoms with Crippen LogP contribution < -0.4 is 21.3 Å². The van der Waals surface area contributed by atoms with Crippen molar-refractivity contribution in [2.24, 2.45) is 0 Å². The molecule has 0 saturated carbocycles. The van der Waals surface area contributed by atoms with E-state index in [9.17, 15) is 9.59 Å². The highest BCUT2D eigenvalue weighted by atomic mass is 79.9. The van der Waals surface area contributed by atoms with Crippen LogP contribution >= 0.6 is 15.9 Å². The maximum Gasteiger partial charge on any atom is 0.319 e. The van der Waals surface area contributed by atoms with Crippen molar-refractivity contribution in [3.63, 3.8) is 0 Å². The minimum absolute atomic E-state index is 0.357. The van der Waals surface area contributed by atoms with E-state index in [0.717, 1.165) is 15.6 Å². The molecular weight excluding hydrogens is 360 g/mol. The zero-order chi connectivity index (χ0) is 16.1. The van der Waals surface area contributed by atoms with E-state index in [0.29, 0.717) is 0 Å². The summed E-state index contributed by atoms with van der Waals surface area (Å²) in [6.07, 6.45) is 0. The van der Waals surface area contributed by atoms with Gasteiger partial charge >= 0.3 is 12.1 Å². The van der Waals surface area contributed by atoms with Gasteiger partial charge in [0.2, 0.25) is 0 Å². The van der Waals surface area contributed by atoms with Crippen molar-refractivity contribution < 1.29 is 9.59 Å². The Morgan fingerprint density at radius 1 is 0.652 bits per heavy atom. The third-order valence-electron chi connectivity index (χ3n) is 4.25. The first kappa shape index (κ1) is 14.1. The lowest BCUT2D eigenvalue weighted by Gasteiger charge is -2.37. The first-order chi connectivity index (χ1) is 11.1. The molecule has 6 nitrogen and oxygen atoms in total. The predicted molar refractivity (Wildman–Crippen MR) is 87.3 cm³/mol. The second-order valence-electron chi connectivity index (χ2n) is 5.53. The van der Waals surface area contributed by atoms with Crippen LogP contribution in [0.25, 0.3) is 0 Å². The van der Waals surface area contributed by atoms with Gasteiger partial charge in [-0.15, -0.1) is 0 Å². The Kier molecular flexibility index (Phi) is 2.89. The molecule has 7 heteroatoms. The van der Waals surface area contributed by atoms with Crippen LogP contribution in [0.1, 0.15) is 11.1 Å². The summed E-state index contributed by atoms with van der Waals surface area (Å²) in [6.45, 7) is 0. The van der Waals surface area contributed by atoms with Gasteiger partial charge in [0, 0.05) is 15.6 Å². The van der Waals surface area contributed by atoms with Gasteiger partial charge < -0.3 is 21.3 Å². The summed E-state index contributed by atoms with van der Waals surface area (Å²) >= 11 is 3.40. The minimum Gasteiger partial charge on any atom is -0.307 e. The van der Waals surface area contributed by atoms with Crippen LogP contribution in [0.4, 0.5) is 9.59 Å². The van der Waals surface area contributed by atoms with Crippen molar-refractivity contribution in [3.8, 4) is 0 Å². The average Bonchev–Trinajstić information content (AvgIpc) is 2.96. The van der Waals surface area contributed by atoms with Crippen LogP contribution in [-0.4, -0.2) is 12.1 Å². The number of hydrogen-bond acceptors (Lipinski definition) is 2. The molecule has 0 unspecified atom stereocenters. The van der Waals surface area contributed by atoms with Gasteiger partial charge in [-0.3, -0.25) is 0 Å². The number of carbonyl (C=O) groups is 2. The summed E-state index contributed by atoms with van der Waals surface area (Å²) in [5.74, 6) is 0. The number of fused-ring (bicyclic) bond motifs is 1.